The maximum atomic E-state index is 12.6. The van der Waals surface area contributed by atoms with Crippen molar-refractivity contribution < 1.29 is 4.79 Å². The van der Waals surface area contributed by atoms with Crippen LogP contribution in [0.4, 0.5) is 0 Å². The monoisotopic (exact) mass is 388 g/mol. The molecule has 3 aromatic rings. The van der Waals surface area contributed by atoms with Crippen molar-refractivity contribution in [2.75, 3.05) is 26.2 Å². The van der Waals surface area contributed by atoms with Crippen molar-refractivity contribution >= 4 is 5.91 Å². The van der Waals surface area contributed by atoms with Crippen molar-refractivity contribution in [1.82, 2.24) is 19.6 Å². The van der Waals surface area contributed by atoms with Gasteiger partial charge in [-0.3, -0.25) is 9.69 Å². The number of amides is 1. The Hall–Kier alpha value is -2.92. The molecule has 1 aromatic heterocycles. The molecule has 0 spiro atoms. The minimum atomic E-state index is 0.244. The van der Waals surface area contributed by atoms with Gasteiger partial charge in [0.2, 0.25) is 5.91 Å². The molecule has 5 heteroatoms. The Morgan fingerprint density at radius 1 is 0.966 bits per heavy atom. The quantitative estimate of drug-likeness (QED) is 0.649. The summed E-state index contributed by atoms with van der Waals surface area (Å²) in [7, 11) is 0. The normalized spacial score (nSPS) is 14.9. The predicted octanol–water partition coefficient (Wildman–Crippen LogP) is 3.46. The fourth-order valence-corrected chi connectivity index (χ4v) is 3.80. The summed E-state index contributed by atoms with van der Waals surface area (Å²) < 4.78 is 1.87. The summed E-state index contributed by atoms with van der Waals surface area (Å²) >= 11 is 0. The topological polar surface area (TPSA) is 41.4 Å². The van der Waals surface area contributed by atoms with Crippen molar-refractivity contribution in [3.63, 3.8) is 0 Å². The number of carbonyl (C=O) groups is 1. The van der Waals surface area contributed by atoms with Crippen LogP contribution in [-0.4, -0.2) is 51.7 Å². The van der Waals surface area contributed by atoms with Crippen molar-refractivity contribution in [2.45, 2.75) is 26.3 Å². The summed E-state index contributed by atoms with van der Waals surface area (Å²) in [6, 6.07) is 18.6. The zero-order valence-corrected chi connectivity index (χ0v) is 17.0. The van der Waals surface area contributed by atoms with Gasteiger partial charge in [0.15, 0.2) is 0 Å². The molecule has 0 radical (unpaired) electrons. The molecule has 150 valence electrons. The van der Waals surface area contributed by atoms with E-state index in [0.29, 0.717) is 6.42 Å². The van der Waals surface area contributed by atoms with E-state index in [0.717, 1.165) is 50.4 Å². The van der Waals surface area contributed by atoms with Crippen LogP contribution in [0.25, 0.3) is 5.69 Å². The Bertz CT molecular complexity index is 942. The molecule has 0 saturated carbocycles. The molecule has 1 fully saturated rings. The third kappa shape index (κ3) is 4.93. The van der Waals surface area contributed by atoms with Crippen LogP contribution in [0.5, 0.6) is 0 Å². The largest absolute Gasteiger partial charge is 0.340 e. The van der Waals surface area contributed by atoms with Crippen LogP contribution in [0.15, 0.2) is 67.0 Å². The highest BCUT2D eigenvalue weighted by Gasteiger charge is 2.21. The smallest absolute Gasteiger partial charge is 0.222 e. The highest BCUT2D eigenvalue weighted by atomic mass is 16.2. The Labute approximate surface area is 172 Å². The Morgan fingerprint density at radius 3 is 2.45 bits per heavy atom. The van der Waals surface area contributed by atoms with E-state index in [1.807, 2.05) is 52.3 Å². The fraction of sp³-hybridized carbons (Fsp3) is 0.333. The summed E-state index contributed by atoms with van der Waals surface area (Å²) in [5, 5.41) is 4.42. The first-order chi connectivity index (χ1) is 14.2. The molecule has 29 heavy (non-hydrogen) atoms. The molecule has 1 amide bonds. The number of hydrogen-bond donors (Lipinski definition) is 0. The van der Waals surface area contributed by atoms with Gasteiger partial charge in [0, 0.05) is 45.3 Å². The predicted molar refractivity (Wildman–Crippen MR) is 115 cm³/mol. The molecule has 4 rings (SSSR count). The van der Waals surface area contributed by atoms with Gasteiger partial charge in [0.25, 0.3) is 0 Å². The molecule has 0 aliphatic carbocycles. The zero-order chi connectivity index (χ0) is 20.1. The van der Waals surface area contributed by atoms with E-state index >= 15 is 0 Å². The average Bonchev–Trinajstić information content (AvgIpc) is 3.24. The van der Waals surface area contributed by atoms with Crippen molar-refractivity contribution in [3.05, 3.63) is 83.7 Å². The Morgan fingerprint density at radius 2 is 1.69 bits per heavy atom. The lowest BCUT2D eigenvalue weighted by Crippen LogP contribution is -2.48. The van der Waals surface area contributed by atoms with Gasteiger partial charge in [-0.25, -0.2) is 4.68 Å². The first-order valence-corrected chi connectivity index (χ1v) is 10.3. The SMILES string of the molecule is Cc1ccccc1CN1CCN(C(=O)CCc2cnn(-c3ccccc3)c2)CC1. The highest BCUT2D eigenvalue weighted by molar-refractivity contribution is 5.76. The fourth-order valence-electron chi connectivity index (χ4n) is 3.80. The molecule has 0 bridgehead atoms. The molecule has 1 saturated heterocycles. The summed E-state index contributed by atoms with van der Waals surface area (Å²) in [5.74, 6) is 0.244. The third-order valence-electron chi connectivity index (χ3n) is 5.66. The minimum Gasteiger partial charge on any atom is -0.340 e. The molecule has 1 aliphatic heterocycles. The van der Waals surface area contributed by atoms with E-state index in [-0.39, 0.29) is 5.91 Å². The van der Waals surface area contributed by atoms with Crippen LogP contribution in [0.3, 0.4) is 0 Å². The Balaban J connectivity index is 1.24. The molecule has 0 unspecified atom stereocenters. The average molecular weight is 389 g/mol. The number of carbonyl (C=O) groups excluding carboxylic acids is 1. The van der Waals surface area contributed by atoms with Crippen molar-refractivity contribution in [2.24, 2.45) is 0 Å². The van der Waals surface area contributed by atoms with Gasteiger partial charge in [-0.05, 0) is 42.2 Å². The lowest BCUT2D eigenvalue weighted by atomic mass is 10.1. The van der Waals surface area contributed by atoms with Crippen molar-refractivity contribution in [1.29, 1.82) is 0 Å². The van der Waals surface area contributed by atoms with Gasteiger partial charge in [-0.1, -0.05) is 42.5 Å². The molecule has 0 N–H and O–H groups in total. The van der Waals surface area contributed by atoms with Crippen LogP contribution in [0.1, 0.15) is 23.1 Å². The standard InChI is InChI=1S/C24H28N4O/c1-20-7-5-6-8-22(20)19-26-13-15-27(16-14-26)24(29)12-11-21-17-25-28(18-21)23-9-3-2-4-10-23/h2-10,17-18H,11-16,19H2,1H3. The zero-order valence-electron chi connectivity index (χ0n) is 17.0. The molecular weight excluding hydrogens is 360 g/mol. The van der Waals surface area contributed by atoms with Crippen LogP contribution in [0.2, 0.25) is 0 Å². The maximum absolute atomic E-state index is 12.6. The van der Waals surface area contributed by atoms with Crippen molar-refractivity contribution in [3.8, 4) is 5.69 Å². The molecular formula is C24H28N4O. The number of aromatic nitrogens is 2. The number of nitrogens with zero attached hydrogens (tertiary/aromatic N) is 4. The summed E-state index contributed by atoms with van der Waals surface area (Å²) in [5.41, 5.74) is 4.85. The number of aryl methyl sites for hydroxylation is 2. The lowest BCUT2D eigenvalue weighted by molar-refractivity contribution is -0.133. The van der Waals surface area contributed by atoms with E-state index in [4.69, 9.17) is 0 Å². The second-order valence-corrected chi connectivity index (χ2v) is 7.71. The second-order valence-electron chi connectivity index (χ2n) is 7.71. The summed E-state index contributed by atoms with van der Waals surface area (Å²) in [6.07, 6.45) is 5.15. The van der Waals surface area contributed by atoms with Crippen LogP contribution < -0.4 is 0 Å². The molecule has 1 aliphatic rings. The molecule has 0 atom stereocenters. The highest BCUT2D eigenvalue weighted by Crippen LogP contribution is 2.14. The van der Waals surface area contributed by atoms with E-state index in [1.54, 1.807) is 0 Å². The molecule has 2 heterocycles. The van der Waals surface area contributed by atoms with Gasteiger partial charge < -0.3 is 4.90 Å². The number of rotatable bonds is 6. The van der Waals surface area contributed by atoms with Gasteiger partial charge in [-0.2, -0.15) is 5.10 Å². The van der Waals surface area contributed by atoms with Crippen LogP contribution in [-0.2, 0) is 17.8 Å². The minimum absolute atomic E-state index is 0.244. The van der Waals surface area contributed by atoms with E-state index < -0.39 is 0 Å². The van der Waals surface area contributed by atoms with Gasteiger partial charge in [0.05, 0.1) is 11.9 Å². The number of hydrogen-bond acceptors (Lipinski definition) is 3. The first kappa shape index (κ1) is 19.4. The van der Waals surface area contributed by atoms with Crippen LogP contribution in [0, 0.1) is 6.92 Å². The summed E-state index contributed by atoms with van der Waals surface area (Å²) in [4.78, 5) is 17.1. The third-order valence-corrected chi connectivity index (χ3v) is 5.66. The Kier molecular flexibility index (Phi) is 6.06. The van der Waals surface area contributed by atoms with E-state index in [9.17, 15) is 4.79 Å². The number of piperazine rings is 1. The van der Waals surface area contributed by atoms with Gasteiger partial charge >= 0.3 is 0 Å². The first-order valence-electron chi connectivity index (χ1n) is 10.3. The van der Waals surface area contributed by atoms with Gasteiger partial charge in [0.1, 0.15) is 0 Å². The van der Waals surface area contributed by atoms with Gasteiger partial charge in [-0.15, -0.1) is 0 Å². The number of benzene rings is 2. The number of para-hydroxylation sites is 1. The lowest BCUT2D eigenvalue weighted by Gasteiger charge is -2.35. The molecule has 2 aromatic carbocycles. The maximum Gasteiger partial charge on any atom is 0.222 e. The molecule has 5 nitrogen and oxygen atoms in total. The van der Waals surface area contributed by atoms with E-state index in [1.165, 1.54) is 11.1 Å². The van der Waals surface area contributed by atoms with Crippen LogP contribution >= 0.6 is 0 Å². The van der Waals surface area contributed by atoms with E-state index in [2.05, 4.69) is 41.2 Å². The summed E-state index contributed by atoms with van der Waals surface area (Å²) in [6.45, 7) is 6.63. The second kappa shape index (κ2) is 9.05.